The Labute approximate surface area is 84.0 Å². The normalized spacial score (nSPS) is 14.2. The van der Waals surface area contributed by atoms with Crippen molar-refractivity contribution >= 4 is 9.84 Å². The van der Waals surface area contributed by atoms with E-state index in [1.807, 2.05) is 6.20 Å². The summed E-state index contributed by atoms with van der Waals surface area (Å²) in [5.74, 6) is 0.0925. The number of rotatable bonds is 4. The van der Waals surface area contributed by atoms with Crippen molar-refractivity contribution in [3.8, 4) is 0 Å². The van der Waals surface area contributed by atoms with Gasteiger partial charge in [-0.2, -0.15) is 5.10 Å². The van der Waals surface area contributed by atoms with Crippen LogP contribution in [0.5, 0.6) is 0 Å². The lowest BCUT2D eigenvalue weighted by Gasteiger charge is -2.12. The van der Waals surface area contributed by atoms with Crippen LogP contribution in [0.25, 0.3) is 0 Å². The molecule has 0 saturated heterocycles. The first kappa shape index (κ1) is 11.2. The molecule has 5 nitrogen and oxygen atoms in total. The molecule has 80 valence electrons. The average Bonchev–Trinajstić information content (AvgIpc) is 2.46. The number of nitrogens with one attached hydrogen (secondary N) is 1. The van der Waals surface area contributed by atoms with Crippen molar-refractivity contribution in [3.63, 3.8) is 0 Å². The third kappa shape index (κ3) is 3.12. The Bertz CT molecular complexity index is 396. The minimum Gasteiger partial charge on any atom is -0.312 e. The molecule has 6 heteroatoms. The highest BCUT2D eigenvalue weighted by atomic mass is 32.2. The number of sulfone groups is 1. The maximum atomic E-state index is 11.1. The highest BCUT2D eigenvalue weighted by Gasteiger charge is 2.16. The van der Waals surface area contributed by atoms with Crippen LogP contribution in [0, 0.1) is 0 Å². The molecule has 1 rings (SSSR count). The zero-order valence-corrected chi connectivity index (χ0v) is 9.37. The van der Waals surface area contributed by atoms with Crippen molar-refractivity contribution in [2.45, 2.75) is 6.04 Å². The van der Waals surface area contributed by atoms with Gasteiger partial charge in [-0.1, -0.05) is 0 Å². The quantitative estimate of drug-likeness (QED) is 0.753. The Balaban J connectivity index is 2.83. The van der Waals surface area contributed by atoms with Crippen molar-refractivity contribution in [1.29, 1.82) is 0 Å². The average molecular weight is 217 g/mol. The van der Waals surface area contributed by atoms with E-state index < -0.39 is 9.84 Å². The van der Waals surface area contributed by atoms with Crippen LogP contribution in [0.2, 0.25) is 0 Å². The molecule has 1 unspecified atom stereocenters. The van der Waals surface area contributed by atoms with Gasteiger partial charge < -0.3 is 5.32 Å². The molecule has 0 saturated carbocycles. The largest absolute Gasteiger partial charge is 0.312 e. The van der Waals surface area contributed by atoms with Crippen LogP contribution in [-0.2, 0) is 16.9 Å². The molecule has 0 fully saturated rings. The summed E-state index contributed by atoms with van der Waals surface area (Å²) in [6, 6.07) is -0.182. The SMILES string of the molecule is CNC(CS(C)(=O)=O)c1cnn(C)c1. The molecule has 0 aliphatic heterocycles. The third-order valence-corrected chi connectivity index (χ3v) is 2.88. The van der Waals surface area contributed by atoms with E-state index in [4.69, 9.17) is 0 Å². The van der Waals surface area contributed by atoms with E-state index in [-0.39, 0.29) is 11.8 Å². The van der Waals surface area contributed by atoms with E-state index in [2.05, 4.69) is 10.4 Å². The van der Waals surface area contributed by atoms with Gasteiger partial charge in [0, 0.05) is 31.1 Å². The van der Waals surface area contributed by atoms with Crippen LogP contribution in [0.3, 0.4) is 0 Å². The van der Waals surface area contributed by atoms with Crippen molar-refractivity contribution in [1.82, 2.24) is 15.1 Å². The van der Waals surface area contributed by atoms with Gasteiger partial charge in [-0.25, -0.2) is 8.42 Å². The standard InChI is InChI=1S/C8H15N3O2S/c1-9-8(6-14(3,12)13)7-4-10-11(2)5-7/h4-5,8-9H,6H2,1-3H3. The summed E-state index contributed by atoms with van der Waals surface area (Å²) in [5.41, 5.74) is 0.889. The summed E-state index contributed by atoms with van der Waals surface area (Å²) in [6.45, 7) is 0. The molecule has 1 heterocycles. The fourth-order valence-corrected chi connectivity index (χ4v) is 2.23. The van der Waals surface area contributed by atoms with Crippen LogP contribution >= 0.6 is 0 Å². The van der Waals surface area contributed by atoms with E-state index in [9.17, 15) is 8.42 Å². The van der Waals surface area contributed by atoms with E-state index in [0.717, 1.165) is 5.56 Å². The van der Waals surface area contributed by atoms with Crippen LogP contribution in [-0.4, -0.2) is 37.3 Å². The van der Waals surface area contributed by atoms with Crippen LogP contribution in [0.15, 0.2) is 12.4 Å². The molecule has 1 N–H and O–H groups in total. The lowest BCUT2D eigenvalue weighted by atomic mass is 10.2. The Kier molecular flexibility index (Phi) is 3.28. The van der Waals surface area contributed by atoms with E-state index in [0.29, 0.717) is 0 Å². The first-order valence-corrected chi connectivity index (χ1v) is 6.32. The Morgan fingerprint density at radius 3 is 2.64 bits per heavy atom. The third-order valence-electron chi connectivity index (χ3n) is 1.95. The second-order valence-electron chi connectivity index (χ2n) is 3.38. The summed E-state index contributed by atoms with van der Waals surface area (Å²) in [7, 11) is 0.567. The number of hydrogen-bond donors (Lipinski definition) is 1. The molecule has 0 aliphatic rings. The van der Waals surface area contributed by atoms with Crippen molar-refractivity contribution in [2.75, 3.05) is 19.1 Å². The Morgan fingerprint density at radius 2 is 2.29 bits per heavy atom. The molecule has 1 atom stereocenters. The molecular formula is C8H15N3O2S. The minimum absolute atomic E-state index is 0.0925. The molecule has 0 radical (unpaired) electrons. The Hall–Kier alpha value is -0.880. The molecular weight excluding hydrogens is 202 g/mol. The molecule has 0 bridgehead atoms. The lowest BCUT2D eigenvalue weighted by Crippen LogP contribution is -2.24. The van der Waals surface area contributed by atoms with Crippen LogP contribution in [0.1, 0.15) is 11.6 Å². The predicted molar refractivity (Wildman–Crippen MR) is 54.7 cm³/mol. The lowest BCUT2D eigenvalue weighted by molar-refractivity contribution is 0.579. The highest BCUT2D eigenvalue weighted by Crippen LogP contribution is 2.12. The van der Waals surface area contributed by atoms with Gasteiger partial charge in [-0.15, -0.1) is 0 Å². The molecule has 1 aromatic rings. The van der Waals surface area contributed by atoms with E-state index >= 15 is 0 Å². The highest BCUT2D eigenvalue weighted by molar-refractivity contribution is 7.90. The smallest absolute Gasteiger partial charge is 0.149 e. The Morgan fingerprint density at radius 1 is 1.64 bits per heavy atom. The number of aryl methyl sites for hydroxylation is 1. The van der Waals surface area contributed by atoms with Crippen LogP contribution < -0.4 is 5.32 Å². The molecule has 1 aromatic heterocycles. The second kappa shape index (κ2) is 4.10. The summed E-state index contributed by atoms with van der Waals surface area (Å²) < 4.78 is 23.9. The second-order valence-corrected chi connectivity index (χ2v) is 5.57. The zero-order chi connectivity index (χ0) is 10.8. The fraction of sp³-hybridized carbons (Fsp3) is 0.625. The van der Waals surface area contributed by atoms with E-state index in [1.165, 1.54) is 6.26 Å². The van der Waals surface area contributed by atoms with Gasteiger partial charge in [-0.3, -0.25) is 4.68 Å². The fourth-order valence-electron chi connectivity index (χ4n) is 1.27. The van der Waals surface area contributed by atoms with Crippen LogP contribution in [0.4, 0.5) is 0 Å². The van der Waals surface area contributed by atoms with Gasteiger partial charge in [0.2, 0.25) is 0 Å². The van der Waals surface area contributed by atoms with Gasteiger partial charge in [0.15, 0.2) is 0 Å². The van der Waals surface area contributed by atoms with E-state index in [1.54, 1.807) is 25.0 Å². The van der Waals surface area contributed by atoms with Crippen molar-refractivity contribution < 1.29 is 8.42 Å². The summed E-state index contributed by atoms with van der Waals surface area (Å²) >= 11 is 0. The topological polar surface area (TPSA) is 64.0 Å². The van der Waals surface area contributed by atoms with Gasteiger partial charge in [0.25, 0.3) is 0 Å². The van der Waals surface area contributed by atoms with Gasteiger partial charge >= 0.3 is 0 Å². The maximum absolute atomic E-state index is 11.1. The van der Waals surface area contributed by atoms with Gasteiger partial charge in [0.05, 0.1) is 11.9 Å². The van der Waals surface area contributed by atoms with Crippen molar-refractivity contribution in [2.24, 2.45) is 7.05 Å². The number of aromatic nitrogens is 2. The summed E-state index contributed by atoms with van der Waals surface area (Å²) in [4.78, 5) is 0. The van der Waals surface area contributed by atoms with Gasteiger partial charge in [0.1, 0.15) is 9.84 Å². The van der Waals surface area contributed by atoms with Crippen molar-refractivity contribution in [3.05, 3.63) is 18.0 Å². The zero-order valence-electron chi connectivity index (χ0n) is 8.56. The number of hydrogen-bond acceptors (Lipinski definition) is 4. The molecule has 0 amide bonds. The monoisotopic (exact) mass is 217 g/mol. The summed E-state index contributed by atoms with van der Waals surface area (Å²) in [5, 5.41) is 6.95. The minimum atomic E-state index is -2.97. The first-order chi connectivity index (χ1) is 6.42. The molecule has 0 aromatic carbocycles. The van der Waals surface area contributed by atoms with Gasteiger partial charge in [-0.05, 0) is 7.05 Å². The molecule has 14 heavy (non-hydrogen) atoms. The predicted octanol–water partition coefficient (Wildman–Crippen LogP) is -0.275. The summed E-state index contributed by atoms with van der Waals surface area (Å²) in [6.07, 6.45) is 4.71. The first-order valence-electron chi connectivity index (χ1n) is 4.26. The maximum Gasteiger partial charge on any atom is 0.149 e. The molecule has 0 aliphatic carbocycles. The number of nitrogens with zero attached hydrogens (tertiary/aromatic N) is 2. The molecule has 0 spiro atoms.